The Morgan fingerprint density at radius 2 is 1.91 bits per heavy atom. The van der Waals surface area contributed by atoms with Crippen LogP contribution in [0.15, 0.2) is 42.5 Å². The van der Waals surface area contributed by atoms with Crippen molar-refractivity contribution in [3.8, 4) is 0 Å². The van der Waals surface area contributed by atoms with E-state index in [1.54, 1.807) is 24.3 Å². The van der Waals surface area contributed by atoms with Crippen LogP contribution in [0, 0.1) is 11.6 Å². The lowest BCUT2D eigenvalue weighted by Crippen LogP contribution is -2.46. The summed E-state index contributed by atoms with van der Waals surface area (Å²) in [6, 6.07) is 8.18. The molecule has 0 unspecified atom stereocenters. The van der Waals surface area contributed by atoms with Crippen molar-refractivity contribution in [2.45, 2.75) is 12.5 Å². The molecule has 2 rings (SSSR count). The van der Waals surface area contributed by atoms with Crippen LogP contribution < -0.4 is 11.1 Å². The Morgan fingerprint density at radius 3 is 2.52 bits per heavy atom. The zero-order valence-corrected chi connectivity index (χ0v) is 12.6. The van der Waals surface area contributed by atoms with Crippen LogP contribution >= 0.6 is 11.6 Å². The van der Waals surface area contributed by atoms with E-state index in [2.05, 4.69) is 5.32 Å². The van der Waals surface area contributed by atoms with Crippen molar-refractivity contribution in [2.75, 3.05) is 0 Å². The van der Waals surface area contributed by atoms with Crippen LogP contribution in [-0.4, -0.2) is 17.9 Å². The molecule has 0 aliphatic heterocycles. The van der Waals surface area contributed by atoms with Crippen LogP contribution in [-0.2, 0) is 11.2 Å². The van der Waals surface area contributed by atoms with Crippen molar-refractivity contribution in [3.05, 3.63) is 70.2 Å². The second-order valence-electron chi connectivity index (χ2n) is 4.89. The predicted octanol–water partition coefficient (Wildman–Crippen LogP) is 2.44. The van der Waals surface area contributed by atoms with E-state index < -0.39 is 29.5 Å². The molecule has 23 heavy (non-hydrogen) atoms. The molecule has 2 aromatic rings. The minimum atomic E-state index is -1.05. The number of nitrogens with two attached hydrogens (primary N) is 1. The van der Waals surface area contributed by atoms with Crippen LogP contribution in [0.5, 0.6) is 0 Å². The number of carbonyl (C=O) groups excluding carboxylic acids is 2. The third kappa shape index (κ3) is 4.50. The monoisotopic (exact) mass is 338 g/mol. The Morgan fingerprint density at radius 1 is 1.17 bits per heavy atom. The van der Waals surface area contributed by atoms with E-state index in [0.29, 0.717) is 16.7 Å². The first-order chi connectivity index (χ1) is 10.9. The summed E-state index contributed by atoms with van der Waals surface area (Å²) in [5.74, 6) is -3.45. The Balaban J connectivity index is 2.16. The number of carbonyl (C=O) groups is 2. The Labute approximate surface area is 136 Å². The summed E-state index contributed by atoms with van der Waals surface area (Å²) in [5, 5.41) is 2.82. The highest BCUT2D eigenvalue weighted by atomic mass is 35.5. The molecule has 1 atom stereocenters. The van der Waals surface area contributed by atoms with Gasteiger partial charge in [0.2, 0.25) is 5.91 Å². The molecule has 0 heterocycles. The maximum absolute atomic E-state index is 13.6. The smallest absolute Gasteiger partial charge is 0.254 e. The first-order valence-corrected chi connectivity index (χ1v) is 7.04. The largest absolute Gasteiger partial charge is 0.368 e. The van der Waals surface area contributed by atoms with Gasteiger partial charge in [0.25, 0.3) is 5.91 Å². The van der Waals surface area contributed by atoms with Gasteiger partial charge in [-0.25, -0.2) is 8.78 Å². The average Bonchev–Trinajstić information content (AvgIpc) is 2.46. The van der Waals surface area contributed by atoms with E-state index >= 15 is 0 Å². The van der Waals surface area contributed by atoms with Gasteiger partial charge < -0.3 is 11.1 Å². The zero-order valence-electron chi connectivity index (χ0n) is 11.9. The molecule has 0 bridgehead atoms. The van der Waals surface area contributed by atoms with Crippen molar-refractivity contribution >= 4 is 23.4 Å². The molecule has 0 aliphatic carbocycles. The first kappa shape index (κ1) is 16.9. The first-order valence-electron chi connectivity index (χ1n) is 6.66. The molecule has 0 aromatic heterocycles. The zero-order chi connectivity index (χ0) is 17.0. The van der Waals surface area contributed by atoms with Gasteiger partial charge in [-0.3, -0.25) is 9.59 Å². The molecule has 4 nitrogen and oxygen atoms in total. The van der Waals surface area contributed by atoms with Gasteiger partial charge >= 0.3 is 0 Å². The SMILES string of the molecule is NC(=O)[C@H](Cc1cccc(Cl)c1)NC(=O)c1ccc(F)cc1F. The molecule has 120 valence electrons. The predicted molar refractivity (Wildman–Crippen MR) is 82.0 cm³/mol. The molecule has 0 saturated carbocycles. The van der Waals surface area contributed by atoms with Gasteiger partial charge in [-0.15, -0.1) is 0 Å². The maximum atomic E-state index is 13.6. The van der Waals surface area contributed by atoms with E-state index in [-0.39, 0.29) is 12.0 Å². The van der Waals surface area contributed by atoms with Gasteiger partial charge in [-0.05, 0) is 29.8 Å². The molecule has 2 amide bonds. The fourth-order valence-electron chi connectivity index (χ4n) is 2.03. The summed E-state index contributed by atoms with van der Waals surface area (Å²) in [7, 11) is 0. The van der Waals surface area contributed by atoms with Crippen LogP contribution in [0.4, 0.5) is 8.78 Å². The van der Waals surface area contributed by atoms with E-state index in [1.807, 2.05) is 0 Å². The molecule has 2 aromatic carbocycles. The number of amides is 2. The minimum Gasteiger partial charge on any atom is -0.368 e. The van der Waals surface area contributed by atoms with Crippen molar-refractivity contribution in [3.63, 3.8) is 0 Å². The van der Waals surface area contributed by atoms with Gasteiger partial charge in [-0.2, -0.15) is 0 Å². The number of hydrogen-bond donors (Lipinski definition) is 2. The van der Waals surface area contributed by atoms with Crippen molar-refractivity contribution in [1.82, 2.24) is 5.32 Å². The second-order valence-corrected chi connectivity index (χ2v) is 5.32. The number of primary amides is 1. The normalized spacial score (nSPS) is 11.8. The number of rotatable bonds is 5. The molecule has 0 spiro atoms. The number of hydrogen-bond acceptors (Lipinski definition) is 2. The summed E-state index contributed by atoms with van der Waals surface area (Å²) in [6.07, 6.45) is 0.102. The third-order valence-corrected chi connectivity index (χ3v) is 3.39. The maximum Gasteiger partial charge on any atom is 0.254 e. The molecule has 0 saturated heterocycles. The molecular formula is C16H13ClF2N2O2. The third-order valence-electron chi connectivity index (χ3n) is 3.15. The number of benzene rings is 2. The molecule has 0 radical (unpaired) electrons. The molecular weight excluding hydrogens is 326 g/mol. The molecule has 0 fully saturated rings. The lowest BCUT2D eigenvalue weighted by molar-refractivity contribution is -0.119. The second kappa shape index (κ2) is 7.19. The van der Waals surface area contributed by atoms with Gasteiger partial charge in [0.15, 0.2) is 0 Å². The Bertz CT molecular complexity index is 753. The van der Waals surface area contributed by atoms with Crippen LogP contribution in [0.25, 0.3) is 0 Å². The fourth-order valence-corrected chi connectivity index (χ4v) is 2.24. The van der Waals surface area contributed by atoms with Crippen molar-refractivity contribution < 1.29 is 18.4 Å². The number of halogens is 3. The van der Waals surface area contributed by atoms with Crippen LogP contribution in [0.1, 0.15) is 15.9 Å². The van der Waals surface area contributed by atoms with Crippen molar-refractivity contribution in [2.24, 2.45) is 5.73 Å². The Kier molecular flexibility index (Phi) is 5.28. The van der Waals surface area contributed by atoms with Gasteiger partial charge in [0.05, 0.1) is 5.56 Å². The minimum absolute atomic E-state index is 0.102. The molecule has 7 heteroatoms. The van der Waals surface area contributed by atoms with Crippen LogP contribution in [0.3, 0.4) is 0 Å². The van der Waals surface area contributed by atoms with Crippen LogP contribution in [0.2, 0.25) is 5.02 Å². The average molecular weight is 339 g/mol. The van der Waals surface area contributed by atoms with E-state index in [1.165, 1.54) is 0 Å². The highest BCUT2D eigenvalue weighted by Gasteiger charge is 2.21. The Hall–Kier alpha value is -2.47. The van der Waals surface area contributed by atoms with Gasteiger partial charge in [-0.1, -0.05) is 23.7 Å². The molecule has 0 aliphatic rings. The van der Waals surface area contributed by atoms with Crippen molar-refractivity contribution in [1.29, 1.82) is 0 Å². The summed E-state index contributed by atoms with van der Waals surface area (Å²) in [5.41, 5.74) is 5.58. The van der Waals surface area contributed by atoms with Gasteiger partial charge in [0.1, 0.15) is 17.7 Å². The lowest BCUT2D eigenvalue weighted by atomic mass is 10.0. The topological polar surface area (TPSA) is 72.2 Å². The summed E-state index contributed by atoms with van der Waals surface area (Å²) < 4.78 is 26.5. The summed E-state index contributed by atoms with van der Waals surface area (Å²) in [6.45, 7) is 0. The number of nitrogens with one attached hydrogen (secondary N) is 1. The standard InChI is InChI=1S/C16H13ClF2N2O2/c17-10-3-1-2-9(6-10)7-14(15(20)22)21-16(23)12-5-4-11(18)8-13(12)19/h1-6,8,14H,7H2,(H2,20,22)(H,21,23)/t14-/m0/s1. The highest BCUT2D eigenvalue weighted by Crippen LogP contribution is 2.13. The van der Waals surface area contributed by atoms with E-state index in [4.69, 9.17) is 17.3 Å². The van der Waals surface area contributed by atoms with Gasteiger partial charge in [0, 0.05) is 17.5 Å². The summed E-state index contributed by atoms with van der Waals surface area (Å²) in [4.78, 5) is 23.6. The fraction of sp³-hybridized carbons (Fsp3) is 0.125. The van der Waals surface area contributed by atoms with E-state index in [9.17, 15) is 18.4 Å². The molecule has 3 N–H and O–H groups in total. The quantitative estimate of drug-likeness (QED) is 0.879. The highest BCUT2D eigenvalue weighted by molar-refractivity contribution is 6.30. The summed E-state index contributed by atoms with van der Waals surface area (Å²) >= 11 is 5.86. The van der Waals surface area contributed by atoms with E-state index in [0.717, 1.165) is 12.1 Å². The lowest BCUT2D eigenvalue weighted by Gasteiger charge is -2.16.